The highest BCUT2D eigenvalue weighted by atomic mass is 35.5. The Balaban J connectivity index is 1.72. The first kappa shape index (κ1) is 19.5. The molecule has 1 N–H and O–H groups in total. The van der Waals surface area contributed by atoms with Crippen LogP contribution in [0.2, 0.25) is 5.02 Å². The highest BCUT2D eigenvalue weighted by Gasteiger charge is 2.20. The second-order valence-corrected chi connectivity index (χ2v) is 9.17. The standard InChI is InChI=1S/C22H19ClN2O3S/c1-14-7-9-16(28-2)12-21(14)29(26,27)13-15-8-10-18(23)17(11-15)22-24-19-5-3-4-6-20(19)25-22/h3-12H,13H2,1-2H3,(H,24,25). The van der Waals surface area contributed by atoms with E-state index in [2.05, 4.69) is 9.97 Å². The van der Waals surface area contributed by atoms with Gasteiger partial charge < -0.3 is 9.72 Å². The van der Waals surface area contributed by atoms with E-state index in [1.807, 2.05) is 24.3 Å². The molecule has 3 aromatic carbocycles. The summed E-state index contributed by atoms with van der Waals surface area (Å²) < 4.78 is 31.3. The van der Waals surface area contributed by atoms with Gasteiger partial charge in [-0.05, 0) is 54.4 Å². The number of ether oxygens (including phenoxy) is 1. The van der Waals surface area contributed by atoms with E-state index in [0.717, 1.165) is 11.0 Å². The second kappa shape index (κ2) is 7.54. The number of imidazole rings is 1. The van der Waals surface area contributed by atoms with Crippen LogP contribution >= 0.6 is 11.6 Å². The third-order valence-electron chi connectivity index (χ3n) is 4.76. The Morgan fingerprint density at radius 3 is 2.62 bits per heavy atom. The molecule has 0 aliphatic heterocycles. The third kappa shape index (κ3) is 3.86. The number of nitrogens with zero attached hydrogens (tertiary/aromatic N) is 1. The molecule has 0 bridgehead atoms. The van der Waals surface area contributed by atoms with E-state index in [1.165, 1.54) is 7.11 Å². The number of halogens is 1. The van der Waals surface area contributed by atoms with Crippen LogP contribution in [0.25, 0.3) is 22.4 Å². The van der Waals surface area contributed by atoms with Crippen molar-refractivity contribution in [3.05, 3.63) is 76.8 Å². The number of sulfone groups is 1. The molecular formula is C22H19ClN2O3S. The molecule has 0 radical (unpaired) electrons. The first-order valence-electron chi connectivity index (χ1n) is 8.98. The Morgan fingerprint density at radius 1 is 1.07 bits per heavy atom. The Kier molecular flexibility index (Phi) is 5.06. The molecule has 0 fully saturated rings. The van der Waals surface area contributed by atoms with Crippen LogP contribution in [-0.4, -0.2) is 25.5 Å². The van der Waals surface area contributed by atoms with Gasteiger partial charge in [0.1, 0.15) is 11.6 Å². The van der Waals surface area contributed by atoms with Gasteiger partial charge in [-0.1, -0.05) is 35.9 Å². The molecular weight excluding hydrogens is 408 g/mol. The molecule has 0 spiro atoms. The molecule has 0 saturated carbocycles. The molecule has 0 unspecified atom stereocenters. The van der Waals surface area contributed by atoms with Gasteiger partial charge in [0.2, 0.25) is 0 Å². The maximum Gasteiger partial charge on any atom is 0.182 e. The van der Waals surface area contributed by atoms with Crippen LogP contribution in [0.1, 0.15) is 11.1 Å². The molecule has 1 heterocycles. The number of aryl methyl sites for hydroxylation is 1. The second-order valence-electron chi connectivity index (χ2n) is 6.81. The van der Waals surface area contributed by atoms with Crippen molar-refractivity contribution in [1.82, 2.24) is 9.97 Å². The summed E-state index contributed by atoms with van der Waals surface area (Å²) in [6.45, 7) is 1.77. The summed E-state index contributed by atoms with van der Waals surface area (Å²) >= 11 is 6.39. The Hall–Kier alpha value is -2.83. The summed E-state index contributed by atoms with van der Waals surface area (Å²) in [6.07, 6.45) is 0. The predicted octanol–water partition coefficient (Wildman–Crippen LogP) is 5.17. The average Bonchev–Trinajstić information content (AvgIpc) is 3.13. The lowest BCUT2D eigenvalue weighted by atomic mass is 10.1. The zero-order chi connectivity index (χ0) is 20.6. The number of benzene rings is 3. The molecule has 0 atom stereocenters. The van der Waals surface area contributed by atoms with Crippen LogP contribution in [0, 0.1) is 6.92 Å². The fourth-order valence-electron chi connectivity index (χ4n) is 3.26. The zero-order valence-corrected chi connectivity index (χ0v) is 17.5. The fourth-order valence-corrected chi connectivity index (χ4v) is 5.10. The number of aromatic amines is 1. The molecule has 0 amide bonds. The number of fused-ring (bicyclic) bond motifs is 1. The number of rotatable bonds is 5. The summed E-state index contributed by atoms with van der Waals surface area (Å²) in [5.41, 5.74) is 3.69. The van der Waals surface area contributed by atoms with Crippen molar-refractivity contribution in [3.8, 4) is 17.1 Å². The molecule has 29 heavy (non-hydrogen) atoms. The maximum absolute atomic E-state index is 13.1. The monoisotopic (exact) mass is 426 g/mol. The maximum atomic E-state index is 13.1. The quantitative estimate of drug-likeness (QED) is 0.477. The minimum Gasteiger partial charge on any atom is -0.497 e. The smallest absolute Gasteiger partial charge is 0.182 e. The molecule has 0 saturated heterocycles. The van der Waals surface area contributed by atoms with Gasteiger partial charge >= 0.3 is 0 Å². The van der Waals surface area contributed by atoms with Gasteiger partial charge in [0.05, 0.1) is 33.8 Å². The van der Waals surface area contributed by atoms with Gasteiger partial charge in [0, 0.05) is 5.56 Å². The number of hydrogen-bond donors (Lipinski definition) is 1. The summed E-state index contributed by atoms with van der Waals surface area (Å²) in [5.74, 6) is 0.965. The molecule has 4 aromatic rings. The zero-order valence-electron chi connectivity index (χ0n) is 15.9. The molecule has 4 rings (SSSR count). The summed E-state index contributed by atoms with van der Waals surface area (Å²) in [4.78, 5) is 8.07. The van der Waals surface area contributed by atoms with Crippen LogP contribution in [0.5, 0.6) is 5.75 Å². The van der Waals surface area contributed by atoms with E-state index in [0.29, 0.717) is 33.3 Å². The van der Waals surface area contributed by atoms with Crippen molar-refractivity contribution in [2.45, 2.75) is 17.6 Å². The summed E-state index contributed by atoms with van der Waals surface area (Å²) in [6, 6.07) is 17.9. The molecule has 1 aromatic heterocycles. The highest BCUT2D eigenvalue weighted by Crippen LogP contribution is 2.31. The number of methoxy groups -OCH3 is 1. The lowest BCUT2D eigenvalue weighted by Crippen LogP contribution is -2.07. The largest absolute Gasteiger partial charge is 0.497 e. The minimum absolute atomic E-state index is 0.147. The van der Waals surface area contributed by atoms with Crippen LogP contribution in [-0.2, 0) is 15.6 Å². The number of H-pyrrole nitrogens is 1. The Bertz CT molecular complexity index is 1280. The Morgan fingerprint density at radius 2 is 1.86 bits per heavy atom. The Labute approximate surface area is 174 Å². The fraction of sp³-hybridized carbons (Fsp3) is 0.136. The van der Waals surface area contributed by atoms with E-state index < -0.39 is 9.84 Å². The first-order chi connectivity index (χ1) is 13.9. The van der Waals surface area contributed by atoms with Gasteiger partial charge in [-0.15, -0.1) is 0 Å². The lowest BCUT2D eigenvalue weighted by molar-refractivity contribution is 0.413. The van der Waals surface area contributed by atoms with Crippen LogP contribution < -0.4 is 4.74 Å². The minimum atomic E-state index is -3.57. The van der Waals surface area contributed by atoms with E-state index >= 15 is 0 Å². The van der Waals surface area contributed by atoms with E-state index in [1.54, 1.807) is 43.3 Å². The van der Waals surface area contributed by atoms with Gasteiger partial charge in [0.15, 0.2) is 9.84 Å². The predicted molar refractivity (Wildman–Crippen MR) is 115 cm³/mol. The van der Waals surface area contributed by atoms with E-state index in [4.69, 9.17) is 16.3 Å². The van der Waals surface area contributed by atoms with Crippen LogP contribution in [0.15, 0.2) is 65.6 Å². The molecule has 0 aliphatic rings. The summed E-state index contributed by atoms with van der Waals surface area (Å²) in [7, 11) is -2.05. The topological polar surface area (TPSA) is 72.1 Å². The molecule has 0 aliphatic carbocycles. The highest BCUT2D eigenvalue weighted by molar-refractivity contribution is 7.90. The summed E-state index contributed by atoms with van der Waals surface area (Å²) in [5, 5.41) is 0.503. The molecule has 7 heteroatoms. The number of para-hydroxylation sites is 2. The SMILES string of the molecule is COc1ccc(C)c(S(=O)(=O)Cc2ccc(Cl)c(-c3nc4ccccc4[nH]3)c2)c1. The van der Waals surface area contributed by atoms with Crippen molar-refractivity contribution < 1.29 is 13.2 Å². The van der Waals surface area contributed by atoms with Crippen molar-refractivity contribution in [2.24, 2.45) is 0 Å². The van der Waals surface area contributed by atoms with Gasteiger partial charge in [-0.3, -0.25) is 0 Å². The van der Waals surface area contributed by atoms with Crippen molar-refractivity contribution in [1.29, 1.82) is 0 Å². The third-order valence-corrected chi connectivity index (χ3v) is 6.92. The number of aromatic nitrogens is 2. The van der Waals surface area contributed by atoms with E-state index in [9.17, 15) is 8.42 Å². The van der Waals surface area contributed by atoms with Crippen LogP contribution in [0.3, 0.4) is 0 Å². The number of hydrogen-bond acceptors (Lipinski definition) is 4. The van der Waals surface area contributed by atoms with Crippen molar-refractivity contribution in [3.63, 3.8) is 0 Å². The lowest BCUT2D eigenvalue weighted by Gasteiger charge is -2.11. The van der Waals surface area contributed by atoms with Crippen molar-refractivity contribution in [2.75, 3.05) is 7.11 Å². The molecule has 5 nitrogen and oxygen atoms in total. The van der Waals surface area contributed by atoms with Gasteiger partial charge in [-0.2, -0.15) is 0 Å². The van der Waals surface area contributed by atoms with Gasteiger partial charge in [-0.25, -0.2) is 13.4 Å². The average molecular weight is 427 g/mol. The van der Waals surface area contributed by atoms with Crippen LogP contribution in [0.4, 0.5) is 0 Å². The molecule has 148 valence electrons. The van der Waals surface area contributed by atoms with Gasteiger partial charge in [0.25, 0.3) is 0 Å². The van der Waals surface area contributed by atoms with E-state index in [-0.39, 0.29) is 10.6 Å². The number of nitrogens with one attached hydrogen (secondary N) is 1. The normalized spacial score (nSPS) is 11.7. The first-order valence-corrected chi connectivity index (χ1v) is 11.0. The van der Waals surface area contributed by atoms with Crippen molar-refractivity contribution >= 4 is 32.5 Å².